The first-order chi connectivity index (χ1) is 8.91. The first kappa shape index (κ1) is 18.4. The summed E-state index contributed by atoms with van der Waals surface area (Å²) >= 11 is 0. The Morgan fingerprint density at radius 3 is 2.16 bits per heavy atom. The maximum atomic E-state index is 10.7. The van der Waals surface area contributed by atoms with Gasteiger partial charge in [-0.1, -0.05) is 40.5 Å². The molecule has 1 heterocycles. The van der Waals surface area contributed by atoms with Crippen molar-refractivity contribution in [1.82, 2.24) is 10.2 Å². The first-order valence-corrected chi connectivity index (χ1v) is 7.44. The monoisotopic (exact) mass is 272 g/mol. The minimum atomic E-state index is -0.241. The lowest BCUT2D eigenvalue weighted by Gasteiger charge is -2.26. The predicted molar refractivity (Wildman–Crippen MR) is 80.3 cm³/mol. The second-order valence-electron chi connectivity index (χ2n) is 5.99. The Bertz CT molecular complexity index is 231. The van der Waals surface area contributed by atoms with Crippen molar-refractivity contribution in [2.45, 2.75) is 47.0 Å². The SMILES string of the molecule is CCCCCN1CCOCC1.CNC(=O)C(C)(C)C. The van der Waals surface area contributed by atoms with Crippen LogP contribution < -0.4 is 5.32 Å². The molecule has 1 fully saturated rings. The topological polar surface area (TPSA) is 41.6 Å². The number of nitrogens with zero attached hydrogens (tertiary/aromatic N) is 1. The smallest absolute Gasteiger partial charge is 0.225 e. The van der Waals surface area contributed by atoms with Gasteiger partial charge in [-0.25, -0.2) is 0 Å². The van der Waals surface area contributed by atoms with Crippen LogP contribution in [0.4, 0.5) is 0 Å². The number of nitrogens with one attached hydrogen (secondary N) is 1. The van der Waals surface area contributed by atoms with Crippen molar-refractivity contribution in [2.75, 3.05) is 39.9 Å². The third-order valence-corrected chi connectivity index (χ3v) is 3.09. The number of ether oxygens (including phenoxy) is 1. The van der Waals surface area contributed by atoms with E-state index in [1.807, 2.05) is 20.8 Å². The average molecular weight is 272 g/mol. The van der Waals surface area contributed by atoms with Crippen molar-refractivity contribution < 1.29 is 9.53 Å². The van der Waals surface area contributed by atoms with Gasteiger partial charge in [0, 0.05) is 25.6 Å². The molecule has 0 aromatic rings. The molecule has 0 aromatic heterocycles. The van der Waals surface area contributed by atoms with E-state index in [4.69, 9.17) is 4.74 Å². The zero-order valence-electron chi connectivity index (χ0n) is 13.4. The van der Waals surface area contributed by atoms with E-state index in [9.17, 15) is 4.79 Å². The van der Waals surface area contributed by atoms with E-state index in [0.717, 1.165) is 26.3 Å². The molecular weight excluding hydrogens is 240 g/mol. The highest BCUT2D eigenvalue weighted by Crippen LogP contribution is 2.11. The van der Waals surface area contributed by atoms with Gasteiger partial charge in [0.05, 0.1) is 13.2 Å². The molecule has 0 spiro atoms. The third kappa shape index (κ3) is 9.91. The number of hydrogen-bond donors (Lipinski definition) is 1. The zero-order valence-corrected chi connectivity index (χ0v) is 13.4. The molecule has 0 saturated carbocycles. The highest BCUT2D eigenvalue weighted by molar-refractivity contribution is 5.80. The van der Waals surface area contributed by atoms with Gasteiger partial charge in [-0.05, 0) is 13.0 Å². The van der Waals surface area contributed by atoms with Gasteiger partial charge >= 0.3 is 0 Å². The summed E-state index contributed by atoms with van der Waals surface area (Å²) in [4.78, 5) is 13.2. The van der Waals surface area contributed by atoms with Gasteiger partial charge in [0.1, 0.15) is 0 Å². The Labute approximate surface area is 118 Å². The fraction of sp³-hybridized carbons (Fsp3) is 0.933. The Morgan fingerprint density at radius 1 is 1.21 bits per heavy atom. The summed E-state index contributed by atoms with van der Waals surface area (Å²) in [7, 11) is 1.65. The molecule has 0 atom stereocenters. The number of hydrogen-bond acceptors (Lipinski definition) is 3. The van der Waals surface area contributed by atoms with E-state index < -0.39 is 0 Å². The lowest BCUT2D eigenvalue weighted by Crippen LogP contribution is -2.36. The van der Waals surface area contributed by atoms with Crippen LogP contribution in [0.2, 0.25) is 0 Å². The largest absolute Gasteiger partial charge is 0.379 e. The molecule has 4 nitrogen and oxygen atoms in total. The Kier molecular flexibility index (Phi) is 9.88. The molecule has 1 amide bonds. The number of carbonyl (C=O) groups is 1. The normalized spacial score (nSPS) is 16.5. The number of amides is 1. The second-order valence-corrected chi connectivity index (χ2v) is 5.99. The fourth-order valence-corrected chi connectivity index (χ4v) is 1.79. The van der Waals surface area contributed by atoms with Crippen LogP contribution in [-0.2, 0) is 9.53 Å². The van der Waals surface area contributed by atoms with Crippen molar-refractivity contribution in [3.05, 3.63) is 0 Å². The Hall–Kier alpha value is -0.610. The molecule has 1 aliphatic heterocycles. The summed E-state index contributed by atoms with van der Waals surface area (Å²) in [6.45, 7) is 13.3. The van der Waals surface area contributed by atoms with Gasteiger partial charge in [0.2, 0.25) is 5.91 Å². The molecule has 1 saturated heterocycles. The van der Waals surface area contributed by atoms with E-state index in [1.165, 1.54) is 25.8 Å². The summed E-state index contributed by atoms with van der Waals surface area (Å²) in [6, 6.07) is 0. The Morgan fingerprint density at radius 2 is 1.79 bits per heavy atom. The minimum Gasteiger partial charge on any atom is -0.379 e. The lowest BCUT2D eigenvalue weighted by molar-refractivity contribution is -0.127. The van der Waals surface area contributed by atoms with Gasteiger partial charge in [-0.3, -0.25) is 9.69 Å². The first-order valence-electron chi connectivity index (χ1n) is 7.44. The molecule has 1 N–H and O–H groups in total. The van der Waals surface area contributed by atoms with Gasteiger partial charge in [0.15, 0.2) is 0 Å². The quantitative estimate of drug-likeness (QED) is 0.798. The molecule has 4 heteroatoms. The van der Waals surface area contributed by atoms with Crippen molar-refractivity contribution in [3.63, 3.8) is 0 Å². The summed E-state index contributed by atoms with van der Waals surface area (Å²) < 4.78 is 5.26. The van der Waals surface area contributed by atoms with Gasteiger partial charge < -0.3 is 10.1 Å². The summed E-state index contributed by atoms with van der Waals surface area (Å²) in [5.74, 6) is 0.0810. The predicted octanol–water partition coefficient (Wildman–Crippen LogP) is 2.29. The molecular formula is C15H32N2O2. The van der Waals surface area contributed by atoms with Crippen LogP contribution in [-0.4, -0.2) is 50.7 Å². The molecule has 0 bridgehead atoms. The zero-order chi connectivity index (χ0) is 14.7. The van der Waals surface area contributed by atoms with Crippen LogP contribution in [0.25, 0.3) is 0 Å². The maximum absolute atomic E-state index is 10.7. The number of unbranched alkanes of at least 4 members (excludes halogenated alkanes) is 2. The van der Waals surface area contributed by atoms with Crippen LogP contribution in [0.5, 0.6) is 0 Å². The van der Waals surface area contributed by atoms with Crippen LogP contribution in [0.15, 0.2) is 0 Å². The van der Waals surface area contributed by atoms with Gasteiger partial charge in [0.25, 0.3) is 0 Å². The van der Waals surface area contributed by atoms with Gasteiger partial charge in [-0.2, -0.15) is 0 Å². The van der Waals surface area contributed by atoms with Crippen LogP contribution in [0, 0.1) is 5.41 Å². The van der Waals surface area contributed by atoms with Crippen molar-refractivity contribution in [2.24, 2.45) is 5.41 Å². The van der Waals surface area contributed by atoms with E-state index in [1.54, 1.807) is 7.05 Å². The summed E-state index contributed by atoms with van der Waals surface area (Å²) in [5.41, 5.74) is -0.241. The van der Waals surface area contributed by atoms with E-state index in [-0.39, 0.29) is 11.3 Å². The van der Waals surface area contributed by atoms with Crippen LogP contribution in [0.3, 0.4) is 0 Å². The summed E-state index contributed by atoms with van der Waals surface area (Å²) in [5, 5.41) is 2.57. The average Bonchev–Trinajstić information content (AvgIpc) is 2.39. The number of carbonyl (C=O) groups excluding carboxylic acids is 1. The molecule has 114 valence electrons. The van der Waals surface area contributed by atoms with E-state index >= 15 is 0 Å². The number of rotatable bonds is 4. The highest BCUT2D eigenvalue weighted by atomic mass is 16.5. The highest BCUT2D eigenvalue weighted by Gasteiger charge is 2.18. The molecule has 1 aliphatic rings. The number of morpholine rings is 1. The maximum Gasteiger partial charge on any atom is 0.225 e. The van der Waals surface area contributed by atoms with Crippen LogP contribution in [0.1, 0.15) is 47.0 Å². The summed E-state index contributed by atoms with van der Waals surface area (Å²) in [6.07, 6.45) is 4.05. The molecule has 0 aliphatic carbocycles. The van der Waals surface area contributed by atoms with Crippen LogP contribution >= 0.6 is 0 Å². The van der Waals surface area contributed by atoms with Crippen molar-refractivity contribution in [1.29, 1.82) is 0 Å². The van der Waals surface area contributed by atoms with Crippen molar-refractivity contribution in [3.8, 4) is 0 Å². The van der Waals surface area contributed by atoms with Crippen molar-refractivity contribution >= 4 is 5.91 Å². The van der Waals surface area contributed by atoms with Gasteiger partial charge in [-0.15, -0.1) is 0 Å². The lowest BCUT2D eigenvalue weighted by atomic mass is 9.96. The Balaban J connectivity index is 0.000000362. The molecule has 0 unspecified atom stereocenters. The van der Waals surface area contributed by atoms with E-state index in [2.05, 4.69) is 17.1 Å². The van der Waals surface area contributed by atoms with E-state index in [0.29, 0.717) is 0 Å². The molecule has 1 rings (SSSR count). The fourth-order valence-electron chi connectivity index (χ4n) is 1.79. The molecule has 0 aromatic carbocycles. The standard InChI is InChI=1S/C9H19NO.C6H13NO/c1-2-3-4-5-10-6-8-11-9-7-10;1-6(2,3)5(8)7-4/h2-9H2,1H3;1-4H3,(H,7,8). The minimum absolute atomic E-state index is 0.0810. The third-order valence-electron chi connectivity index (χ3n) is 3.09. The molecule has 0 radical (unpaired) electrons. The second kappa shape index (κ2) is 10.2. The molecule has 19 heavy (non-hydrogen) atoms.